The van der Waals surface area contributed by atoms with Crippen LogP contribution in [-0.2, 0) is 11.3 Å². The van der Waals surface area contributed by atoms with Crippen molar-refractivity contribution >= 4 is 17.3 Å². The third kappa shape index (κ3) is 5.17. The minimum atomic E-state index is 0.527. The highest BCUT2D eigenvalue weighted by molar-refractivity contribution is 8.01. The van der Waals surface area contributed by atoms with E-state index in [-0.39, 0.29) is 0 Å². The van der Waals surface area contributed by atoms with Crippen LogP contribution in [0.15, 0.2) is 53.9 Å². The molecule has 0 atom stereocenters. The summed E-state index contributed by atoms with van der Waals surface area (Å²) in [6, 6.07) is 17.6. The molecule has 118 valence electrons. The molecule has 0 unspecified atom stereocenters. The number of methoxy groups -OCH3 is 1. The van der Waals surface area contributed by atoms with Gasteiger partial charge in [0.25, 0.3) is 0 Å². The van der Waals surface area contributed by atoms with Crippen LogP contribution in [0.2, 0.25) is 0 Å². The Bertz CT molecular complexity index is 685. The van der Waals surface area contributed by atoms with E-state index in [4.69, 9.17) is 14.7 Å². The molecule has 0 N–H and O–H groups in total. The molecule has 0 bridgehead atoms. The van der Waals surface area contributed by atoms with Gasteiger partial charge in [-0.05, 0) is 52.6 Å². The second-order valence-corrected chi connectivity index (χ2v) is 5.62. The standard InChI is InChI=1S/C19H19NO2S/c1-21-19-9-5-16(6-10-19)12-22-13-18(14-23-2)17-7-3-15(11-20)4-8-17/h3-10,14H,12-13H2,1-2H3/b18-14-. The second kappa shape index (κ2) is 9.04. The smallest absolute Gasteiger partial charge is 0.118 e. The van der Waals surface area contributed by atoms with Gasteiger partial charge in [-0.2, -0.15) is 5.26 Å². The van der Waals surface area contributed by atoms with Gasteiger partial charge in [0, 0.05) is 0 Å². The van der Waals surface area contributed by atoms with Crippen LogP contribution in [0.5, 0.6) is 5.75 Å². The molecule has 0 spiro atoms. The first-order chi connectivity index (χ1) is 11.3. The Labute approximate surface area is 141 Å². The molecular formula is C19H19NO2S. The Hall–Kier alpha value is -2.22. The fourth-order valence-electron chi connectivity index (χ4n) is 2.09. The van der Waals surface area contributed by atoms with E-state index >= 15 is 0 Å². The summed E-state index contributed by atoms with van der Waals surface area (Å²) < 4.78 is 11.0. The molecular weight excluding hydrogens is 306 g/mol. The monoisotopic (exact) mass is 325 g/mol. The molecule has 2 rings (SSSR count). The number of benzene rings is 2. The average Bonchev–Trinajstić information content (AvgIpc) is 2.61. The Kier molecular flexibility index (Phi) is 6.74. The summed E-state index contributed by atoms with van der Waals surface area (Å²) in [7, 11) is 1.66. The molecule has 0 aromatic heterocycles. The van der Waals surface area contributed by atoms with E-state index in [2.05, 4.69) is 11.5 Å². The highest BCUT2D eigenvalue weighted by Gasteiger charge is 2.03. The van der Waals surface area contributed by atoms with Gasteiger partial charge in [0.2, 0.25) is 0 Å². The average molecular weight is 325 g/mol. The van der Waals surface area contributed by atoms with E-state index in [1.165, 1.54) is 0 Å². The van der Waals surface area contributed by atoms with Crippen LogP contribution in [-0.4, -0.2) is 20.0 Å². The van der Waals surface area contributed by atoms with E-state index < -0.39 is 0 Å². The fourth-order valence-corrected chi connectivity index (χ4v) is 2.58. The predicted molar refractivity (Wildman–Crippen MR) is 95.3 cm³/mol. The molecule has 0 radical (unpaired) electrons. The van der Waals surface area contributed by atoms with Crippen molar-refractivity contribution in [3.63, 3.8) is 0 Å². The van der Waals surface area contributed by atoms with Crippen LogP contribution in [0.3, 0.4) is 0 Å². The number of ether oxygens (including phenoxy) is 2. The van der Waals surface area contributed by atoms with Gasteiger partial charge >= 0.3 is 0 Å². The first-order valence-electron chi connectivity index (χ1n) is 7.20. The lowest BCUT2D eigenvalue weighted by Crippen LogP contribution is -1.99. The van der Waals surface area contributed by atoms with Gasteiger partial charge in [-0.15, -0.1) is 11.8 Å². The van der Waals surface area contributed by atoms with Crippen LogP contribution in [0, 0.1) is 11.3 Å². The Balaban J connectivity index is 1.96. The molecule has 0 saturated carbocycles. The van der Waals surface area contributed by atoms with Gasteiger partial charge in [0.15, 0.2) is 0 Å². The van der Waals surface area contributed by atoms with Crippen molar-refractivity contribution < 1.29 is 9.47 Å². The maximum atomic E-state index is 8.87. The van der Waals surface area contributed by atoms with Crippen molar-refractivity contribution in [2.24, 2.45) is 0 Å². The quantitative estimate of drug-likeness (QED) is 0.752. The van der Waals surface area contributed by atoms with E-state index in [1.54, 1.807) is 18.9 Å². The maximum absolute atomic E-state index is 8.87. The van der Waals surface area contributed by atoms with Gasteiger partial charge < -0.3 is 9.47 Å². The van der Waals surface area contributed by atoms with Crippen molar-refractivity contribution in [1.82, 2.24) is 0 Å². The lowest BCUT2D eigenvalue weighted by atomic mass is 10.1. The van der Waals surface area contributed by atoms with Crippen LogP contribution >= 0.6 is 11.8 Å². The van der Waals surface area contributed by atoms with Crippen molar-refractivity contribution in [3.8, 4) is 11.8 Å². The number of nitriles is 1. The minimum absolute atomic E-state index is 0.527. The van der Waals surface area contributed by atoms with E-state index in [0.717, 1.165) is 22.4 Å². The van der Waals surface area contributed by atoms with Crippen molar-refractivity contribution in [3.05, 3.63) is 70.6 Å². The molecule has 0 aliphatic heterocycles. The number of rotatable bonds is 7. The lowest BCUT2D eigenvalue weighted by Gasteiger charge is -2.10. The number of nitrogens with zero attached hydrogens (tertiary/aromatic N) is 1. The molecule has 0 aliphatic rings. The molecule has 0 aliphatic carbocycles. The summed E-state index contributed by atoms with van der Waals surface area (Å²) in [6.45, 7) is 1.07. The Morgan fingerprint density at radius 2 is 1.83 bits per heavy atom. The van der Waals surface area contributed by atoms with Gasteiger partial charge in [-0.25, -0.2) is 0 Å². The molecule has 0 amide bonds. The molecule has 0 saturated heterocycles. The minimum Gasteiger partial charge on any atom is -0.497 e. The normalized spacial score (nSPS) is 11.1. The third-order valence-electron chi connectivity index (χ3n) is 3.33. The van der Waals surface area contributed by atoms with Crippen LogP contribution in [0.1, 0.15) is 16.7 Å². The first kappa shape index (κ1) is 17.1. The second-order valence-electron chi connectivity index (χ2n) is 4.91. The van der Waals surface area contributed by atoms with Gasteiger partial charge in [-0.1, -0.05) is 24.3 Å². The zero-order valence-corrected chi connectivity index (χ0v) is 14.1. The number of thioether (sulfide) groups is 1. The van der Waals surface area contributed by atoms with Crippen molar-refractivity contribution in [2.75, 3.05) is 20.0 Å². The summed E-state index contributed by atoms with van der Waals surface area (Å²) in [5.41, 5.74) is 3.95. The Morgan fingerprint density at radius 3 is 2.39 bits per heavy atom. The van der Waals surface area contributed by atoms with Gasteiger partial charge in [0.1, 0.15) is 5.75 Å². The molecule has 0 heterocycles. The largest absolute Gasteiger partial charge is 0.497 e. The molecule has 2 aromatic rings. The number of hydrogen-bond donors (Lipinski definition) is 0. The van der Waals surface area contributed by atoms with Crippen LogP contribution < -0.4 is 4.74 Å². The molecule has 3 nitrogen and oxygen atoms in total. The van der Waals surface area contributed by atoms with E-state index in [0.29, 0.717) is 18.8 Å². The molecule has 0 fully saturated rings. The van der Waals surface area contributed by atoms with E-state index in [9.17, 15) is 0 Å². The Morgan fingerprint density at radius 1 is 1.13 bits per heavy atom. The fraction of sp³-hybridized carbons (Fsp3) is 0.211. The van der Waals surface area contributed by atoms with Crippen molar-refractivity contribution in [1.29, 1.82) is 5.26 Å². The summed E-state index contributed by atoms with van der Waals surface area (Å²) in [4.78, 5) is 0. The van der Waals surface area contributed by atoms with E-state index in [1.807, 2.05) is 54.8 Å². The maximum Gasteiger partial charge on any atom is 0.118 e. The van der Waals surface area contributed by atoms with Crippen LogP contribution in [0.4, 0.5) is 0 Å². The predicted octanol–water partition coefficient (Wildman–Crippen LogP) is 4.49. The SMILES string of the molecule is COc1ccc(COC/C(=C/SC)c2ccc(C#N)cc2)cc1. The highest BCUT2D eigenvalue weighted by Crippen LogP contribution is 2.20. The van der Waals surface area contributed by atoms with Gasteiger partial charge in [-0.3, -0.25) is 0 Å². The summed E-state index contributed by atoms with van der Waals surface area (Å²) in [6.07, 6.45) is 2.02. The first-order valence-corrected chi connectivity index (χ1v) is 8.48. The van der Waals surface area contributed by atoms with Crippen molar-refractivity contribution in [2.45, 2.75) is 6.61 Å². The highest BCUT2D eigenvalue weighted by atomic mass is 32.2. The molecule has 4 heteroatoms. The topological polar surface area (TPSA) is 42.2 Å². The third-order valence-corrected chi connectivity index (χ3v) is 3.85. The zero-order chi connectivity index (χ0) is 16.5. The lowest BCUT2D eigenvalue weighted by molar-refractivity contribution is 0.153. The van der Waals surface area contributed by atoms with Gasteiger partial charge in [0.05, 0.1) is 32.0 Å². The zero-order valence-electron chi connectivity index (χ0n) is 13.3. The summed E-state index contributed by atoms with van der Waals surface area (Å²) in [5.74, 6) is 0.842. The summed E-state index contributed by atoms with van der Waals surface area (Å²) in [5, 5.41) is 11.0. The molecule has 2 aromatic carbocycles. The van der Waals surface area contributed by atoms with Crippen LogP contribution in [0.25, 0.3) is 5.57 Å². The summed E-state index contributed by atoms with van der Waals surface area (Å²) >= 11 is 1.64. The molecule has 23 heavy (non-hydrogen) atoms. The number of hydrogen-bond acceptors (Lipinski definition) is 4.